The summed E-state index contributed by atoms with van der Waals surface area (Å²) >= 11 is 1.71. The Kier molecular flexibility index (Phi) is 2.44. The van der Waals surface area contributed by atoms with Crippen molar-refractivity contribution in [2.75, 3.05) is 12.3 Å². The highest BCUT2D eigenvalue weighted by molar-refractivity contribution is 8.00. The van der Waals surface area contributed by atoms with Crippen molar-refractivity contribution in [1.29, 1.82) is 0 Å². The molecule has 0 aromatic rings. The molecule has 0 aromatic carbocycles. The minimum absolute atomic E-state index is 0.177. The molecule has 1 aliphatic heterocycles. The molecule has 0 radical (unpaired) electrons. The smallest absolute Gasteiger partial charge is 0.322 e. The zero-order valence-electron chi connectivity index (χ0n) is 6.76. The van der Waals surface area contributed by atoms with Gasteiger partial charge < -0.3 is 10.4 Å². The van der Waals surface area contributed by atoms with Gasteiger partial charge in [0, 0.05) is 17.0 Å². The summed E-state index contributed by atoms with van der Waals surface area (Å²) in [5.41, 5.74) is 0. The number of hydrogen-bond donors (Lipinski definition) is 2. The number of thioether (sulfide) groups is 1. The second-order valence-corrected chi connectivity index (χ2v) is 4.93. The highest BCUT2D eigenvalue weighted by Crippen LogP contribution is 2.30. The highest BCUT2D eigenvalue weighted by atomic mass is 32.2. The van der Waals surface area contributed by atoms with Gasteiger partial charge in [-0.25, -0.2) is 0 Å². The van der Waals surface area contributed by atoms with Gasteiger partial charge in [-0.05, 0) is 13.8 Å². The van der Waals surface area contributed by atoms with Crippen LogP contribution in [0.15, 0.2) is 0 Å². The topological polar surface area (TPSA) is 49.3 Å². The van der Waals surface area contributed by atoms with E-state index in [2.05, 4.69) is 5.32 Å². The molecule has 1 fully saturated rings. The summed E-state index contributed by atoms with van der Waals surface area (Å²) in [4.78, 5) is 10.7. The predicted molar refractivity (Wildman–Crippen MR) is 46.0 cm³/mol. The largest absolute Gasteiger partial charge is 0.480 e. The van der Waals surface area contributed by atoms with Crippen LogP contribution in [0.25, 0.3) is 0 Å². The van der Waals surface area contributed by atoms with Gasteiger partial charge >= 0.3 is 5.97 Å². The first-order chi connectivity index (χ1) is 5.04. The van der Waals surface area contributed by atoms with Crippen molar-refractivity contribution >= 4 is 17.7 Å². The van der Waals surface area contributed by atoms with E-state index in [9.17, 15) is 4.79 Å². The average Bonchev–Trinajstić information content (AvgIpc) is 1.85. The lowest BCUT2D eigenvalue weighted by Crippen LogP contribution is -2.54. The first-order valence-electron chi connectivity index (χ1n) is 3.64. The normalized spacial score (nSPS) is 29.8. The second-order valence-electron chi connectivity index (χ2n) is 3.18. The van der Waals surface area contributed by atoms with Crippen molar-refractivity contribution in [3.63, 3.8) is 0 Å². The molecule has 2 N–H and O–H groups in total. The zero-order chi connectivity index (χ0) is 8.48. The van der Waals surface area contributed by atoms with Gasteiger partial charge in [-0.15, -0.1) is 0 Å². The van der Waals surface area contributed by atoms with Crippen LogP contribution in [0.5, 0.6) is 0 Å². The van der Waals surface area contributed by atoms with Gasteiger partial charge in [0.1, 0.15) is 6.04 Å². The van der Waals surface area contributed by atoms with Gasteiger partial charge in [-0.2, -0.15) is 11.8 Å². The molecule has 1 rings (SSSR count). The summed E-state index contributed by atoms with van der Waals surface area (Å²) in [5, 5.41) is 11.8. The molecule has 0 unspecified atom stereocenters. The molecule has 1 aliphatic rings. The molecular weight excluding hydrogens is 162 g/mol. The maximum Gasteiger partial charge on any atom is 0.322 e. The monoisotopic (exact) mass is 175 g/mol. The molecule has 64 valence electrons. The van der Waals surface area contributed by atoms with Gasteiger partial charge in [-0.3, -0.25) is 4.79 Å². The highest BCUT2D eigenvalue weighted by Gasteiger charge is 2.37. The van der Waals surface area contributed by atoms with E-state index in [0.29, 0.717) is 0 Å². The van der Waals surface area contributed by atoms with Gasteiger partial charge in [0.15, 0.2) is 0 Å². The lowest BCUT2D eigenvalue weighted by Gasteiger charge is -2.35. The Morgan fingerprint density at radius 3 is 2.73 bits per heavy atom. The Hall–Kier alpha value is -0.220. The molecular formula is C7H13NO2S. The maximum absolute atomic E-state index is 10.7. The number of nitrogens with one attached hydrogen (secondary N) is 1. The summed E-state index contributed by atoms with van der Waals surface area (Å²) in [7, 11) is 0. The Balaban J connectivity index is 2.67. The standard InChI is InChI=1S/C7H13NO2S/c1-7(2)5(6(9)10)8-3-4-11-7/h5,8H,3-4H2,1-2H3,(H,9,10)/t5-/m0/s1. The molecule has 1 saturated heterocycles. The third kappa shape index (κ3) is 1.87. The zero-order valence-corrected chi connectivity index (χ0v) is 7.57. The molecule has 1 atom stereocenters. The molecule has 4 heteroatoms. The van der Waals surface area contributed by atoms with Crippen molar-refractivity contribution in [1.82, 2.24) is 5.32 Å². The quantitative estimate of drug-likeness (QED) is 0.611. The average molecular weight is 175 g/mol. The van der Waals surface area contributed by atoms with Crippen LogP contribution in [0, 0.1) is 0 Å². The SMILES string of the molecule is CC1(C)SCCN[C@H]1C(=O)O. The van der Waals surface area contributed by atoms with Crippen molar-refractivity contribution in [2.24, 2.45) is 0 Å². The van der Waals surface area contributed by atoms with Gasteiger partial charge in [0.05, 0.1) is 0 Å². The third-order valence-corrected chi connectivity index (χ3v) is 3.25. The molecule has 0 amide bonds. The fourth-order valence-corrected chi connectivity index (χ4v) is 2.33. The van der Waals surface area contributed by atoms with Crippen LogP contribution in [0.3, 0.4) is 0 Å². The maximum atomic E-state index is 10.7. The lowest BCUT2D eigenvalue weighted by atomic mass is 10.0. The van der Waals surface area contributed by atoms with Crippen molar-refractivity contribution in [2.45, 2.75) is 24.6 Å². The number of rotatable bonds is 1. The first kappa shape index (κ1) is 8.87. The first-order valence-corrected chi connectivity index (χ1v) is 4.63. The second kappa shape index (κ2) is 3.03. The van der Waals surface area contributed by atoms with E-state index < -0.39 is 12.0 Å². The van der Waals surface area contributed by atoms with Crippen molar-refractivity contribution in [3.05, 3.63) is 0 Å². The summed E-state index contributed by atoms with van der Waals surface area (Å²) in [6, 6.07) is -0.402. The molecule has 1 heterocycles. The number of carboxylic acid groups (broad SMARTS) is 1. The summed E-state index contributed by atoms with van der Waals surface area (Å²) in [5.74, 6) is 0.249. The summed E-state index contributed by atoms with van der Waals surface area (Å²) < 4.78 is -0.177. The lowest BCUT2D eigenvalue weighted by molar-refractivity contribution is -0.140. The van der Waals surface area contributed by atoms with Crippen LogP contribution < -0.4 is 5.32 Å². The molecule has 3 nitrogen and oxygen atoms in total. The van der Waals surface area contributed by atoms with Gasteiger partial charge in [0.25, 0.3) is 0 Å². The van der Waals surface area contributed by atoms with E-state index >= 15 is 0 Å². The number of aliphatic carboxylic acids is 1. The van der Waals surface area contributed by atoms with Crippen LogP contribution in [-0.2, 0) is 4.79 Å². The van der Waals surface area contributed by atoms with E-state index in [1.165, 1.54) is 0 Å². The molecule has 0 bridgehead atoms. The molecule has 0 aromatic heterocycles. The fourth-order valence-electron chi connectivity index (χ4n) is 1.23. The molecule has 0 saturated carbocycles. The van der Waals surface area contributed by atoms with Crippen LogP contribution in [0.4, 0.5) is 0 Å². The number of carbonyl (C=O) groups is 1. The van der Waals surface area contributed by atoms with E-state index in [-0.39, 0.29) is 4.75 Å². The Bertz CT molecular complexity index is 170. The molecule has 0 aliphatic carbocycles. The Labute approximate surface area is 70.6 Å². The molecule has 0 spiro atoms. The van der Waals surface area contributed by atoms with Crippen molar-refractivity contribution in [3.8, 4) is 0 Å². The van der Waals surface area contributed by atoms with Crippen molar-refractivity contribution < 1.29 is 9.90 Å². The van der Waals surface area contributed by atoms with Crippen LogP contribution >= 0.6 is 11.8 Å². The Morgan fingerprint density at radius 1 is 1.73 bits per heavy atom. The van der Waals surface area contributed by atoms with E-state index in [1.807, 2.05) is 13.8 Å². The van der Waals surface area contributed by atoms with Crippen LogP contribution in [0.1, 0.15) is 13.8 Å². The third-order valence-electron chi connectivity index (χ3n) is 1.87. The predicted octanol–water partition coefficient (Wildman–Crippen LogP) is 0.555. The Morgan fingerprint density at radius 2 is 2.36 bits per heavy atom. The van der Waals surface area contributed by atoms with Crippen LogP contribution in [-0.4, -0.2) is 34.2 Å². The van der Waals surface area contributed by atoms with E-state index in [1.54, 1.807) is 11.8 Å². The summed E-state index contributed by atoms with van der Waals surface area (Å²) in [6.45, 7) is 4.72. The van der Waals surface area contributed by atoms with Crippen LogP contribution in [0.2, 0.25) is 0 Å². The molecule has 11 heavy (non-hydrogen) atoms. The number of carboxylic acids is 1. The van der Waals surface area contributed by atoms with Gasteiger partial charge in [-0.1, -0.05) is 0 Å². The van der Waals surface area contributed by atoms with Gasteiger partial charge in [0.2, 0.25) is 0 Å². The minimum atomic E-state index is -0.748. The minimum Gasteiger partial charge on any atom is -0.480 e. The summed E-state index contributed by atoms with van der Waals surface area (Å²) in [6.07, 6.45) is 0. The fraction of sp³-hybridized carbons (Fsp3) is 0.857. The number of hydrogen-bond acceptors (Lipinski definition) is 3. The van der Waals surface area contributed by atoms with E-state index in [4.69, 9.17) is 5.11 Å². The van der Waals surface area contributed by atoms with E-state index in [0.717, 1.165) is 12.3 Å².